The number of guanidine groups is 1. The Morgan fingerprint density at radius 3 is 2.59 bits per heavy atom. The van der Waals surface area contributed by atoms with E-state index in [0.717, 1.165) is 43.9 Å². The molecule has 2 unspecified atom stereocenters. The van der Waals surface area contributed by atoms with E-state index in [4.69, 9.17) is 0 Å². The van der Waals surface area contributed by atoms with Gasteiger partial charge in [0.1, 0.15) is 0 Å². The van der Waals surface area contributed by atoms with Crippen LogP contribution in [0.3, 0.4) is 0 Å². The van der Waals surface area contributed by atoms with Crippen molar-refractivity contribution in [3.63, 3.8) is 0 Å². The first kappa shape index (κ1) is 17.6. The van der Waals surface area contributed by atoms with Gasteiger partial charge in [-0.1, -0.05) is 26.7 Å². The van der Waals surface area contributed by atoms with E-state index in [0.29, 0.717) is 11.5 Å². The largest absolute Gasteiger partial charge is 0.356 e. The highest BCUT2D eigenvalue weighted by Gasteiger charge is 2.31. The maximum absolute atomic E-state index is 11.5. The van der Waals surface area contributed by atoms with Crippen LogP contribution in [0.1, 0.15) is 39.5 Å². The van der Waals surface area contributed by atoms with Crippen molar-refractivity contribution in [2.45, 2.75) is 39.5 Å². The summed E-state index contributed by atoms with van der Waals surface area (Å²) in [4.78, 5) is 6.73. The Morgan fingerprint density at radius 1 is 1.32 bits per heavy atom. The first-order chi connectivity index (χ1) is 10.5. The van der Waals surface area contributed by atoms with Crippen molar-refractivity contribution in [2.24, 2.45) is 22.7 Å². The quantitative estimate of drug-likeness (QED) is 0.617. The molecule has 2 heterocycles. The average molecular weight is 330 g/mol. The molecule has 0 saturated carbocycles. The molecule has 5 nitrogen and oxygen atoms in total. The molecule has 0 spiro atoms. The molecular formula is C16H31N3O2S. The van der Waals surface area contributed by atoms with E-state index < -0.39 is 9.84 Å². The minimum absolute atomic E-state index is 0.235. The summed E-state index contributed by atoms with van der Waals surface area (Å²) in [5.41, 5.74) is 0. The Balaban J connectivity index is 1.83. The molecule has 2 rings (SSSR count). The van der Waals surface area contributed by atoms with Crippen LogP contribution >= 0.6 is 0 Å². The molecule has 128 valence electrons. The van der Waals surface area contributed by atoms with Crippen LogP contribution in [0.25, 0.3) is 0 Å². The molecule has 2 aliphatic rings. The summed E-state index contributed by atoms with van der Waals surface area (Å²) in [7, 11) is -0.972. The van der Waals surface area contributed by atoms with E-state index >= 15 is 0 Å². The molecule has 0 aromatic heterocycles. The Bertz CT molecular complexity index is 486. The first-order valence-electron chi connectivity index (χ1n) is 8.65. The highest BCUT2D eigenvalue weighted by molar-refractivity contribution is 7.91. The van der Waals surface area contributed by atoms with Crippen molar-refractivity contribution >= 4 is 15.8 Å². The monoisotopic (exact) mass is 329 g/mol. The molecule has 0 aromatic carbocycles. The normalized spacial score (nSPS) is 28.5. The summed E-state index contributed by atoms with van der Waals surface area (Å²) in [6.07, 6.45) is 4.52. The van der Waals surface area contributed by atoms with E-state index in [1.807, 2.05) is 7.05 Å². The highest BCUT2D eigenvalue weighted by Crippen LogP contribution is 2.28. The molecule has 0 amide bonds. The summed E-state index contributed by atoms with van der Waals surface area (Å²) in [5, 5.41) is 3.40. The van der Waals surface area contributed by atoms with E-state index in [1.54, 1.807) is 0 Å². The molecule has 0 aromatic rings. The van der Waals surface area contributed by atoms with Gasteiger partial charge in [-0.3, -0.25) is 4.99 Å². The van der Waals surface area contributed by atoms with Crippen LogP contribution in [0, 0.1) is 17.8 Å². The zero-order chi connectivity index (χ0) is 16.2. The van der Waals surface area contributed by atoms with Gasteiger partial charge in [0.05, 0.1) is 11.5 Å². The Morgan fingerprint density at radius 2 is 2.05 bits per heavy atom. The van der Waals surface area contributed by atoms with Gasteiger partial charge in [-0.2, -0.15) is 0 Å². The number of likely N-dealkylation sites (tertiary alicyclic amines) is 1. The van der Waals surface area contributed by atoms with Crippen molar-refractivity contribution in [3.05, 3.63) is 0 Å². The lowest BCUT2D eigenvalue weighted by molar-refractivity contribution is 0.318. The van der Waals surface area contributed by atoms with Crippen molar-refractivity contribution in [1.29, 1.82) is 0 Å². The second-order valence-electron chi connectivity index (χ2n) is 6.77. The maximum atomic E-state index is 11.5. The summed E-state index contributed by atoms with van der Waals surface area (Å²) < 4.78 is 23.1. The third-order valence-corrected chi connectivity index (χ3v) is 7.16. The lowest BCUT2D eigenvalue weighted by Crippen LogP contribution is -2.42. The van der Waals surface area contributed by atoms with Crippen LogP contribution in [0.5, 0.6) is 0 Å². The Labute approximate surface area is 135 Å². The van der Waals surface area contributed by atoms with Crippen molar-refractivity contribution < 1.29 is 8.42 Å². The number of rotatable bonds is 5. The van der Waals surface area contributed by atoms with Crippen LogP contribution in [-0.4, -0.2) is 57.5 Å². The molecule has 6 heteroatoms. The lowest BCUT2D eigenvalue weighted by atomic mass is 9.87. The fourth-order valence-corrected chi connectivity index (χ4v) is 5.78. The minimum Gasteiger partial charge on any atom is -0.356 e. The van der Waals surface area contributed by atoms with E-state index in [-0.39, 0.29) is 5.92 Å². The van der Waals surface area contributed by atoms with Gasteiger partial charge in [0.25, 0.3) is 0 Å². The molecular weight excluding hydrogens is 298 g/mol. The lowest BCUT2D eigenvalue weighted by Gasteiger charge is -2.25. The SMILES string of the molecule is CCC(CC)C1CCN(C(=NC)NCC2CCS(=O)(=O)C2)C1. The molecule has 0 bridgehead atoms. The second kappa shape index (κ2) is 7.66. The Kier molecular flexibility index (Phi) is 6.12. The summed E-state index contributed by atoms with van der Waals surface area (Å²) in [5.74, 6) is 3.42. The predicted molar refractivity (Wildman–Crippen MR) is 91.9 cm³/mol. The van der Waals surface area contributed by atoms with Gasteiger partial charge in [-0.25, -0.2) is 8.42 Å². The molecule has 0 radical (unpaired) electrons. The molecule has 2 atom stereocenters. The number of hydrogen-bond donors (Lipinski definition) is 1. The van der Waals surface area contributed by atoms with Gasteiger partial charge in [0.15, 0.2) is 15.8 Å². The smallest absolute Gasteiger partial charge is 0.193 e. The van der Waals surface area contributed by atoms with E-state index in [1.165, 1.54) is 19.3 Å². The van der Waals surface area contributed by atoms with Gasteiger partial charge in [-0.05, 0) is 30.6 Å². The summed E-state index contributed by atoms with van der Waals surface area (Å²) in [6, 6.07) is 0. The number of nitrogens with zero attached hydrogens (tertiary/aromatic N) is 2. The standard InChI is InChI=1S/C16H31N3O2S/c1-4-14(5-2)15-6-8-19(11-15)16(17-3)18-10-13-7-9-22(20,21)12-13/h13-15H,4-12H2,1-3H3,(H,17,18). The molecule has 0 aliphatic carbocycles. The molecule has 2 saturated heterocycles. The predicted octanol–water partition coefficient (Wildman–Crippen LogP) is 1.75. The van der Waals surface area contributed by atoms with Crippen LogP contribution in [-0.2, 0) is 9.84 Å². The Hall–Kier alpha value is -0.780. The zero-order valence-corrected chi connectivity index (χ0v) is 15.0. The van der Waals surface area contributed by atoms with E-state index in [9.17, 15) is 8.42 Å². The van der Waals surface area contributed by atoms with Crippen molar-refractivity contribution in [3.8, 4) is 0 Å². The number of nitrogens with one attached hydrogen (secondary N) is 1. The van der Waals surface area contributed by atoms with Gasteiger partial charge in [-0.15, -0.1) is 0 Å². The summed E-state index contributed by atoms with van der Waals surface area (Å²) >= 11 is 0. The highest BCUT2D eigenvalue weighted by atomic mass is 32.2. The fourth-order valence-electron chi connectivity index (χ4n) is 3.92. The van der Waals surface area contributed by atoms with Crippen LogP contribution in [0.2, 0.25) is 0 Å². The number of sulfone groups is 1. The fraction of sp³-hybridized carbons (Fsp3) is 0.938. The average Bonchev–Trinajstić information content (AvgIpc) is 3.08. The molecule has 22 heavy (non-hydrogen) atoms. The van der Waals surface area contributed by atoms with Crippen molar-refractivity contribution in [1.82, 2.24) is 10.2 Å². The van der Waals surface area contributed by atoms with Gasteiger partial charge in [0, 0.05) is 26.7 Å². The zero-order valence-electron chi connectivity index (χ0n) is 14.2. The summed E-state index contributed by atoms with van der Waals surface area (Å²) in [6.45, 7) is 7.42. The second-order valence-corrected chi connectivity index (χ2v) is 9.00. The number of hydrogen-bond acceptors (Lipinski definition) is 3. The van der Waals surface area contributed by atoms with E-state index in [2.05, 4.69) is 29.1 Å². The third kappa shape index (κ3) is 4.37. The third-order valence-electron chi connectivity index (χ3n) is 5.33. The number of aliphatic imine (C=N–C) groups is 1. The maximum Gasteiger partial charge on any atom is 0.193 e. The molecule has 2 fully saturated rings. The van der Waals surface area contributed by atoms with Crippen LogP contribution in [0.15, 0.2) is 4.99 Å². The van der Waals surface area contributed by atoms with Gasteiger partial charge in [0.2, 0.25) is 0 Å². The minimum atomic E-state index is -2.79. The molecule has 2 aliphatic heterocycles. The first-order valence-corrected chi connectivity index (χ1v) is 10.5. The van der Waals surface area contributed by atoms with Gasteiger partial charge >= 0.3 is 0 Å². The topological polar surface area (TPSA) is 61.8 Å². The van der Waals surface area contributed by atoms with Gasteiger partial charge < -0.3 is 10.2 Å². The van der Waals surface area contributed by atoms with Crippen LogP contribution in [0.4, 0.5) is 0 Å². The molecule has 1 N–H and O–H groups in total. The van der Waals surface area contributed by atoms with Crippen molar-refractivity contribution in [2.75, 3.05) is 38.2 Å². The van der Waals surface area contributed by atoms with Crippen LogP contribution < -0.4 is 5.32 Å².